The number of halogens is 1. The molecule has 0 aliphatic rings. The van der Waals surface area contributed by atoms with E-state index in [0.717, 1.165) is 28.8 Å². The van der Waals surface area contributed by atoms with Gasteiger partial charge in [-0.2, -0.15) is 5.10 Å². The number of pyridine rings is 1. The van der Waals surface area contributed by atoms with Crippen molar-refractivity contribution in [1.82, 2.24) is 25.1 Å². The normalized spacial score (nSPS) is 12.6. The summed E-state index contributed by atoms with van der Waals surface area (Å²) in [6.07, 6.45) is 6.24. The average molecular weight is 310 g/mol. The molecule has 2 aromatic rings. The molecule has 1 N–H and O–H groups in total. The minimum Gasteiger partial charge on any atom is -0.307 e. The molecule has 1 atom stereocenters. The Balaban J connectivity index is 2.36. The highest BCUT2D eigenvalue weighted by atomic mass is 79.9. The summed E-state index contributed by atoms with van der Waals surface area (Å²) < 4.78 is 2.89. The average Bonchev–Trinajstić information content (AvgIpc) is 2.79. The molecule has 2 rings (SSSR count). The molecule has 18 heavy (non-hydrogen) atoms. The van der Waals surface area contributed by atoms with Crippen LogP contribution >= 0.6 is 15.9 Å². The first kappa shape index (κ1) is 13.2. The summed E-state index contributed by atoms with van der Waals surface area (Å²) in [5.41, 5.74) is 1.07. The number of aryl methyl sites for hydroxylation is 1. The largest absolute Gasteiger partial charge is 0.307 e. The first-order valence-corrected chi connectivity index (χ1v) is 6.71. The Morgan fingerprint density at radius 2 is 2.28 bits per heavy atom. The van der Waals surface area contributed by atoms with Crippen LogP contribution in [0.25, 0.3) is 0 Å². The minimum absolute atomic E-state index is 0.00375. The molecule has 6 heteroatoms. The highest BCUT2D eigenvalue weighted by Crippen LogP contribution is 2.21. The Labute approximate surface area is 115 Å². The predicted octanol–water partition coefficient (Wildman–Crippen LogP) is 2.15. The molecule has 2 heterocycles. The maximum Gasteiger partial charge on any atom is 0.148 e. The second kappa shape index (κ2) is 6.06. The highest BCUT2D eigenvalue weighted by Gasteiger charge is 2.18. The Hall–Kier alpha value is -1.27. The van der Waals surface area contributed by atoms with Gasteiger partial charge in [-0.25, -0.2) is 9.67 Å². The summed E-state index contributed by atoms with van der Waals surface area (Å²) in [4.78, 5) is 8.55. The van der Waals surface area contributed by atoms with Crippen molar-refractivity contribution < 1.29 is 0 Å². The van der Waals surface area contributed by atoms with Gasteiger partial charge in [-0.05, 0) is 41.0 Å². The summed E-state index contributed by atoms with van der Waals surface area (Å²) in [6, 6.07) is 2.04. The molecule has 0 aromatic carbocycles. The number of nitrogens with one attached hydrogen (secondary N) is 1. The number of hydrogen-bond donors (Lipinski definition) is 1. The van der Waals surface area contributed by atoms with Gasteiger partial charge in [0.2, 0.25) is 0 Å². The van der Waals surface area contributed by atoms with Crippen molar-refractivity contribution in [3.63, 3.8) is 0 Å². The van der Waals surface area contributed by atoms with Crippen LogP contribution in [0.1, 0.15) is 30.8 Å². The molecular formula is C12H16BrN5. The Morgan fingerprint density at radius 1 is 1.44 bits per heavy atom. The second-order valence-corrected chi connectivity index (χ2v) is 4.92. The first-order valence-electron chi connectivity index (χ1n) is 5.91. The van der Waals surface area contributed by atoms with Crippen molar-refractivity contribution in [3.8, 4) is 0 Å². The van der Waals surface area contributed by atoms with Crippen molar-refractivity contribution in [3.05, 3.63) is 40.6 Å². The van der Waals surface area contributed by atoms with E-state index in [2.05, 4.69) is 43.2 Å². The van der Waals surface area contributed by atoms with E-state index in [1.54, 1.807) is 12.5 Å². The van der Waals surface area contributed by atoms with Crippen LogP contribution in [-0.4, -0.2) is 26.8 Å². The summed E-state index contributed by atoms with van der Waals surface area (Å²) in [6.45, 7) is 3.00. The lowest BCUT2D eigenvalue weighted by Crippen LogP contribution is -2.22. The van der Waals surface area contributed by atoms with Gasteiger partial charge in [0.1, 0.15) is 12.2 Å². The SMILES string of the molecule is CCCn1ncnc1C(NC)c1cncc(Br)c1. The van der Waals surface area contributed by atoms with E-state index in [0.29, 0.717) is 0 Å². The molecule has 0 amide bonds. The first-order chi connectivity index (χ1) is 8.76. The molecule has 0 bridgehead atoms. The van der Waals surface area contributed by atoms with Gasteiger partial charge < -0.3 is 5.32 Å². The fourth-order valence-electron chi connectivity index (χ4n) is 1.91. The molecule has 0 saturated carbocycles. The van der Waals surface area contributed by atoms with Gasteiger partial charge in [-0.15, -0.1) is 0 Å². The third-order valence-electron chi connectivity index (χ3n) is 2.69. The third kappa shape index (κ3) is 2.76. The number of nitrogens with zero attached hydrogens (tertiary/aromatic N) is 4. The summed E-state index contributed by atoms with van der Waals surface area (Å²) in [7, 11) is 1.91. The summed E-state index contributed by atoms with van der Waals surface area (Å²) in [5, 5.41) is 7.52. The fraction of sp³-hybridized carbons (Fsp3) is 0.417. The topological polar surface area (TPSA) is 55.6 Å². The van der Waals surface area contributed by atoms with Crippen molar-refractivity contribution in [2.75, 3.05) is 7.05 Å². The van der Waals surface area contributed by atoms with Gasteiger partial charge in [0.15, 0.2) is 0 Å². The minimum atomic E-state index is 0.00375. The quantitative estimate of drug-likeness (QED) is 0.919. The molecule has 96 valence electrons. The smallest absolute Gasteiger partial charge is 0.148 e. The Morgan fingerprint density at radius 3 is 2.94 bits per heavy atom. The van der Waals surface area contributed by atoms with E-state index >= 15 is 0 Å². The zero-order valence-electron chi connectivity index (χ0n) is 10.5. The Bertz CT molecular complexity index is 511. The van der Waals surface area contributed by atoms with E-state index in [1.165, 1.54) is 0 Å². The molecule has 0 aliphatic carbocycles. The summed E-state index contributed by atoms with van der Waals surface area (Å²) in [5.74, 6) is 0.916. The van der Waals surface area contributed by atoms with Crippen molar-refractivity contribution >= 4 is 15.9 Å². The maximum absolute atomic E-state index is 4.36. The predicted molar refractivity (Wildman–Crippen MR) is 73.2 cm³/mol. The van der Waals surface area contributed by atoms with Gasteiger partial charge >= 0.3 is 0 Å². The zero-order chi connectivity index (χ0) is 13.0. The van der Waals surface area contributed by atoms with Crippen molar-refractivity contribution in [1.29, 1.82) is 0 Å². The maximum atomic E-state index is 4.36. The van der Waals surface area contributed by atoms with Crippen LogP contribution in [0, 0.1) is 0 Å². The van der Waals surface area contributed by atoms with Crippen molar-refractivity contribution in [2.45, 2.75) is 25.9 Å². The number of aromatic nitrogens is 4. The van der Waals surface area contributed by atoms with E-state index in [1.807, 2.05) is 24.0 Å². The lowest BCUT2D eigenvalue weighted by atomic mass is 10.1. The van der Waals surface area contributed by atoms with Gasteiger partial charge in [0.25, 0.3) is 0 Å². The molecule has 2 aromatic heterocycles. The van der Waals surface area contributed by atoms with Gasteiger partial charge in [0, 0.05) is 23.4 Å². The highest BCUT2D eigenvalue weighted by molar-refractivity contribution is 9.10. The van der Waals surface area contributed by atoms with Gasteiger partial charge in [0.05, 0.1) is 6.04 Å². The molecule has 0 aliphatic heterocycles. The molecule has 5 nitrogen and oxygen atoms in total. The van der Waals surface area contributed by atoms with Crippen LogP contribution < -0.4 is 5.32 Å². The van der Waals surface area contributed by atoms with E-state index in [4.69, 9.17) is 0 Å². The summed E-state index contributed by atoms with van der Waals surface area (Å²) >= 11 is 3.44. The lowest BCUT2D eigenvalue weighted by molar-refractivity contribution is 0.525. The van der Waals surface area contributed by atoms with E-state index in [-0.39, 0.29) is 6.04 Å². The van der Waals surface area contributed by atoms with Crippen molar-refractivity contribution in [2.24, 2.45) is 0 Å². The van der Waals surface area contributed by atoms with Gasteiger partial charge in [-0.3, -0.25) is 4.98 Å². The van der Waals surface area contributed by atoms with Crippen LogP contribution in [0.4, 0.5) is 0 Å². The fourth-order valence-corrected chi connectivity index (χ4v) is 2.29. The molecule has 0 radical (unpaired) electrons. The van der Waals surface area contributed by atoms with E-state index in [9.17, 15) is 0 Å². The Kier molecular flexibility index (Phi) is 4.43. The van der Waals surface area contributed by atoms with Gasteiger partial charge in [-0.1, -0.05) is 6.92 Å². The lowest BCUT2D eigenvalue weighted by Gasteiger charge is -2.16. The van der Waals surface area contributed by atoms with Crippen LogP contribution in [0.5, 0.6) is 0 Å². The standard InChI is InChI=1S/C12H16BrN5/c1-3-4-18-12(16-8-17-18)11(14-2)9-5-10(13)7-15-6-9/h5-8,11,14H,3-4H2,1-2H3. The monoisotopic (exact) mass is 309 g/mol. The van der Waals surface area contributed by atoms with Crippen LogP contribution in [-0.2, 0) is 6.54 Å². The molecule has 0 fully saturated rings. The molecule has 0 saturated heterocycles. The molecule has 1 unspecified atom stereocenters. The van der Waals surface area contributed by atoms with E-state index < -0.39 is 0 Å². The number of rotatable bonds is 5. The third-order valence-corrected chi connectivity index (χ3v) is 3.12. The molecular weight excluding hydrogens is 294 g/mol. The molecule has 0 spiro atoms. The number of hydrogen-bond acceptors (Lipinski definition) is 4. The zero-order valence-corrected chi connectivity index (χ0v) is 12.1. The van der Waals surface area contributed by atoms with Crippen LogP contribution in [0.2, 0.25) is 0 Å². The van der Waals surface area contributed by atoms with Crippen LogP contribution in [0.15, 0.2) is 29.3 Å². The van der Waals surface area contributed by atoms with Crippen LogP contribution in [0.3, 0.4) is 0 Å². The second-order valence-electron chi connectivity index (χ2n) is 4.00.